The first kappa shape index (κ1) is 18.4. The monoisotopic (exact) mass is 411 g/mol. The highest BCUT2D eigenvalue weighted by Gasteiger charge is 2.37. The van der Waals surface area contributed by atoms with E-state index in [-0.39, 0.29) is 23.3 Å². The molecule has 2 aromatic rings. The second-order valence-electron chi connectivity index (χ2n) is 7.79. The number of hydrogen-bond acceptors (Lipinski definition) is 6. The SMILES string of the molecule is Cc1c2c(cc3c1O/C(=C\c1ccccc1)C3=O)CN([C@H]1CCS(=O)(=O)C1)CO2. The van der Waals surface area contributed by atoms with E-state index in [4.69, 9.17) is 9.47 Å². The summed E-state index contributed by atoms with van der Waals surface area (Å²) in [6, 6.07) is 11.4. The van der Waals surface area contributed by atoms with E-state index in [1.807, 2.05) is 48.2 Å². The first-order chi connectivity index (χ1) is 13.9. The van der Waals surface area contributed by atoms with Crippen LogP contribution in [0.5, 0.6) is 11.5 Å². The molecule has 0 radical (unpaired) electrons. The lowest BCUT2D eigenvalue weighted by atomic mass is 9.99. The van der Waals surface area contributed by atoms with Gasteiger partial charge in [-0.25, -0.2) is 8.42 Å². The third-order valence-electron chi connectivity index (χ3n) is 5.79. The van der Waals surface area contributed by atoms with Crippen molar-refractivity contribution in [3.05, 3.63) is 64.4 Å². The molecule has 3 heterocycles. The summed E-state index contributed by atoms with van der Waals surface area (Å²) in [6.45, 7) is 2.80. The van der Waals surface area contributed by atoms with Gasteiger partial charge in [0.15, 0.2) is 15.6 Å². The smallest absolute Gasteiger partial charge is 0.231 e. The highest BCUT2D eigenvalue weighted by molar-refractivity contribution is 7.91. The predicted octanol–water partition coefficient (Wildman–Crippen LogP) is 2.95. The number of fused-ring (bicyclic) bond motifs is 2. The number of ketones is 1. The fraction of sp³-hybridized carbons (Fsp3) is 0.318. The van der Waals surface area contributed by atoms with Gasteiger partial charge in [-0.3, -0.25) is 9.69 Å². The van der Waals surface area contributed by atoms with Crippen LogP contribution in [-0.4, -0.2) is 43.4 Å². The molecule has 0 aliphatic carbocycles. The minimum absolute atomic E-state index is 0.0396. The van der Waals surface area contributed by atoms with Gasteiger partial charge in [-0.1, -0.05) is 30.3 Å². The van der Waals surface area contributed by atoms with Gasteiger partial charge in [0.25, 0.3) is 0 Å². The lowest BCUT2D eigenvalue weighted by Crippen LogP contribution is -2.41. The van der Waals surface area contributed by atoms with E-state index in [1.54, 1.807) is 6.08 Å². The zero-order chi connectivity index (χ0) is 20.2. The number of allylic oxidation sites excluding steroid dienone is 1. The first-order valence-electron chi connectivity index (χ1n) is 9.64. The van der Waals surface area contributed by atoms with Gasteiger partial charge in [0.05, 0.1) is 17.1 Å². The van der Waals surface area contributed by atoms with Crippen molar-refractivity contribution in [2.45, 2.75) is 25.9 Å². The number of rotatable bonds is 2. The van der Waals surface area contributed by atoms with Crippen molar-refractivity contribution in [3.63, 3.8) is 0 Å². The lowest BCUT2D eigenvalue weighted by molar-refractivity contribution is 0.0637. The minimum Gasteiger partial charge on any atom is -0.477 e. The second kappa shape index (κ2) is 6.71. The summed E-state index contributed by atoms with van der Waals surface area (Å²) >= 11 is 0. The minimum atomic E-state index is -2.96. The van der Waals surface area contributed by atoms with Crippen molar-refractivity contribution >= 4 is 21.7 Å². The van der Waals surface area contributed by atoms with Crippen LogP contribution in [0.15, 0.2) is 42.2 Å². The molecule has 0 unspecified atom stereocenters. The Balaban J connectivity index is 1.45. The van der Waals surface area contributed by atoms with E-state index < -0.39 is 9.84 Å². The molecule has 3 aliphatic heterocycles. The Bertz CT molecular complexity index is 1140. The van der Waals surface area contributed by atoms with E-state index >= 15 is 0 Å². The normalized spacial score (nSPS) is 24.1. The van der Waals surface area contributed by atoms with Crippen LogP contribution in [0.3, 0.4) is 0 Å². The van der Waals surface area contributed by atoms with Gasteiger partial charge in [-0.15, -0.1) is 0 Å². The molecule has 6 nitrogen and oxygen atoms in total. The van der Waals surface area contributed by atoms with Crippen molar-refractivity contribution in [2.24, 2.45) is 0 Å². The molecule has 5 rings (SSSR count). The molecule has 0 bridgehead atoms. The van der Waals surface area contributed by atoms with Crippen molar-refractivity contribution in [3.8, 4) is 11.5 Å². The number of nitrogens with zero attached hydrogens (tertiary/aromatic N) is 1. The maximum atomic E-state index is 12.9. The fourth-order valence-corrected chi connectivity index (χ4v) is 6.03. The molecule has 2 aromatic carbocycles. The zero-order valence-electron chi connectivity index (χ0n) is 16.1. The van der Waals surface area contributed by atoms with Crippen LogP contribution in [0, 0.1) is 6.92 Å². The Morgan fingerprint density at radius 1 is 1.17 bits per heavy atom. The number of benzene rings is 2. The number of Topliss-reactive ketones (excluding diaryl/α,β-unsaturated/α-hetero) is 1. The van der Waals surface area contributed by atoms with Gasteiger partial charge in [0.1, 0.15) is 18.2 Å². The molecule has 0 aromatic heterocycles. The summed E-state index contributed by atoms with van der Waals surface area (Å²) in [5.41, 5.74) is 3.14. The molecular formula is C22H21NO5S. The number of sulfone groups is 1. The molecular weight excluding hydrogens is 390 g/mol. The predicted molar refractivity (Wildman–Crippen MR) is 109 cm³/mol. The van der Waals surface area contributed by atoms with Crippen molar-refractivity contribution in [1.82, 2.24) is 4.90 Å². The third kappa shape index (κ3) is 3.24. The Morgan fingerprint density at radius 3 is 2.69 bits per heavy atom. The lowest BCUT2D eigenvalue weighted by Gasteiger charge is -2.33. The standard InChI is InChI=1S/C22H21NO5S/c1-14-21-16(11-23(13-27-21)17-7-8-29(25,26)12-17)10-18-20(24)19(28-22(14)18)9-15-5-3-2-4-6-15/h2-6,9-10,17H,7-8,11-13H2,1H3/b19-9-/t17-/m0/s1. The van der Waals surface area contributed by atoms with Gasteiger partial charge < -0.3 is 9.47 Å². The summed E-state index contributed by atoms with van der Waals surface area (Å²) in [4.78, 5) is 15.0. The highest BCUT2D eigenvalue weighted by atomic mass is 32.2. The third-order valence-corrected chi connectivity index (χ3v) is 7.54. The molecule has 29 heavy (non-hydrogen) atoms. The maximum absolute atomic E-state index is 12.9. The molecule has 3 aliphatic rings. The van der Waals surface area contributed by atoms with Crippen LogP contribution in [0.2, 0.25) is 0 Å². The molecule has 1 saturated heterocycles. The quantitative estimate of drug-likeness (QED) is 0.708. The van der Waals surface area contributed by atoms with Gasteiger partial charge >= 0.3 is 0 Å². The number of carbonyl (C=O) groups excluding carboxylic acids is 1. The van der Waals surface area contributed by atoms with E-state index in [1.165, 1.54) is 0 Å². The highest BCUT2D eigenvalue weighted by Crippen LogP contribution is 2.43. The largest absolute Gasteiger partial charge is 0.477 e. The molecule has 7 heteroatoms. The van der Waals surface area contributed by atoms with Gasteiger partial charge in [0, 0.05) is 23.7 Å². The van der Waals surface area contributed by atoms with E-state index in [0.29, 0.717) is 36.8 Å². The van der Waals surface area contributed by atoms with E-state index in [9.17, 15) is 13.2 Å². The average Bonchev–Trinajstić information content (AvgIpc) is 3.23. The zero-order valence-corrected chi connectivity index (χ0v) is 16.9. The maximum Gasteiger partial charge on any atom is 0.231 e. The molecule has 1 fully saturated rings. The van der Waals surface area contributed by atoms with Crippen molar-refractivity contribution in [1.29, 1.82) is 0 Å². The Morgan fingerprint density at radius 2 is 1.97 bits per heavy atom. The molecule has 150 valence electrons. The molecule has 0 amide bonds. The van der Waals surface area contributed by atoms with Crippen molar-refractivity contribution in [2.75, 3.05) is 18.2 Å². The number of ether oxygens (including phenoxy) is 2. The fourth-order valence-electron chi connectivity index (χ4n) is 4.26. The Labute approximate surface area is 169 Å². The second-order valence-corrected chi connectivity index (χ2v) is 10.0. The summed E-state index contributed by atoms with van der Waals surface area (Å²) < 4.78 is 35.6. The van der Waals surface area contributed by atoms with Crippen LogP contribution >= 0.6 is 0 Å². The topological polar surface area (TPSA) is 72.9 Å². The molecule has 0 saturated carbocycles. The molecule has 1 atom stereocenters. The van der Waals surface area contributed by atoms with Crippen molar-refractivity contribution < 1.29 is 22.7 Å². The molecule has 0 N–H and O–H groups in total. The van der Waals surface area contributed by atoms with E-state index in [2.05, 4.69) is 0 Å². The Kier molecular flexibility index (Phi) is 4.26. The van der Waals surface area contributed by atoms with Gasteiger partial charge in [-0.05, 0) is 31.1 Å². The summed E-state index contributed by atoms with van der Waals surface area (Å²) in [7, 11) is -2.96. The number of hydrogen-bond donors (Lipinski definition) is 0. The van der Waals surface area contributed by atoms with Crippen LogP contribution in [0.4, 0.5) is 0 Å². The van der Waals surface area contributed by atoms with Crippen LogP contribution in [0.1, 0.15) is 33.5 Å². The summed E-state index contributed by atoms with van der Waals surface area (Å²) in [5.74, 6) is 1.83. The van der Waals surface area contributed by atoms with Crippen LogP contribution < -0.4 is 9.47 Å². The summed E-state index contributed by atoms with van der Waals surface area (Å²) in [5, 5.41) is 0. The molecule has 0 spiro atoms. The van der Waals surface area contributed by atoms with E-state index in [0.717, 1.165) is 22.4 Å². The van der Waals surface area contributed by atoms with Crippen LogP contribution in [-0.2, 0) is 16.4 Å². The summed E-state index contributed by atoms with van der Waals surface area (Å²) in [6.07, 6.45) is 2.37. The average molecular weight is 411 g/mol. The number of carbonyl (C=O) groups is 1. The van der Waals surface area contributed by atoms with Crippen LogP contribution in [0.25, 0.3) is 6.08 Å². The van der Waals surface area contributed by atoms with Gasteiger partial charge in [-0.2, -0.15) is 0 Å². The first-order valence-corrected chi connectivity index (χ1v) is 11.5. The van der Waals surface area contributed by atoms with Gasteiger partial charge in [0.2, 0.25) is 5.78 Å². The Hall–Kier alpha value is -2.64.